The van der Waals surface area contributed by atoms with Crippen molar-refractivity contribution in [3.63, 3.8) is 0 Å². The van der Waals surface area contributed by atoms with Gasteiger partial charge in [-0.1, -0.05) is 26.7 Å². The third-order valence-corrected chi connectivity index (χ3v) is 4.59. The van der Waals surface area contributed by atoms with E-state index in [1.807, 2.05) is 16.8 Å². The maximum Gasteiger partial charge on any atom is 0.270 e. The molecule has 0 aromatic carbocycles. The molecule has 0 spiro atoms. The van der Waals surface area contributed by atoms with E-state index in [2.05, 4.69) is 29.1 Å². The number of pyridine rings is 1. The standard InChI is InChI=1S/C17H22N4O/c1-17(2)7-4-3-5-15(17)20-16(22)14-11-13(6-8-19-14)21-10-9-18-12-21/h6,8-12,15H,3-5,7H2,1-2H3,(H,20,22). The van der Waals surface area contributed by atoms with Crippen molar-refractivity contribution in [1.82, 2.24) is 19.9 Å². The molecule has 2 aromatic heterocycles. The summed E-state index contributed by atoms with van der Waals surface area (Å²) < 4.78 is 1.86. The number of carbonyl (C=O) groups is 1. The average molecular weight is 298 g/mol. The Morgan fingerprint density at radius 2 is 2.23 bits per heavy atom. The van der Waals surface area contributed by atoms with Gasteiger partial charge in [0, 0.05) is 24.6 Å². The Bertz CT molecular complexity index is 648. The molecule has 116 valence electrons. The summed E-state index contributed by atoms with van der Waals surface area (Å²) in [4.78, 5) is 20.8. The second-order valence-corrected chi connectivity index (χ2v) is 6.63. The first-order valence-electron chi connectivity index (χ1n) is 7.81. The lowest BCUT2D eigenvalue weighted by Gasteiger charge is -2.38. The van der Waals surface area contributed by atoms with Crippen LogP contribution in [0.1, 0.15) is 50.0 Å². The van der Waals surface area contributed by atoms with E-state index >= 15 is 0 Å². The van der Waals surface area contributed by atoms with Crippen LogP contribution in [0.5, 0.6) is 0 Å². The Morgan fingerprint density at radius 3 is 2.95 bits per heavy atom. The Balaban J connectivity index is 1.76. The van der Waals surface area contributed by atoms with Crippen LogP contribution in [0.3, 0.4) is 0 Å². The molecule has 0 saturated heterocycles. The highest BCUT2D eigenvalue weighted by Crippen LogP contribution is 2.35. The fourth-order valence-electron chi connectivity index (χ4n) is 3.11. The highest BCUT2D eigenvalue weighted by atomic mass is 16.1. The number of nitrogens with one attached hydrogen (secondary N) is 1. The third-order valence-electron chi connectivity index (χ3n) is 4.59. The Morgan fingerprint density at radius 1 is 1.36 bits per heavy atom. The van der Waals surface area contributed by atoms with Crippen LogP contribution in [-0.2, 0) is 0 Å². The minimum atomic E-state index is -0.0954. The average Bonchev–Trinajstić information content (AvgIpc) is 3.04. The summed E-state index contributed by atoms with van der Waals surface area (Å²) in [7, 11) is 0. The van der Waals surface area contributed by atoms with Gasteiger partial charge in [0.25, 0.3) is 5.91 Å². The summed E-state index contributed by atoms with van der Waals surface area (Å²) in [6.45, 7) is 4.46. The highest BCUT2D eigenvalue weighted by Gasteiger charge is 2.33. The van der Waals surface area contributed by atoms with Gasteiger partial charge < -0.3 is 9.88 Å². The van der Waals surface area contributed by atoms with E-state index in [9.17, 15) is 4.79 Å². The second-order valence-electron chi connectivity index (χ2n) is 6.63. The zero-order chi connectivity index (χ0) is 15.6. The van der Waals surface area contributed by atoms with Gasteiger partial charge in [0.2, 0.25) is 0 Å². The van der Waals surface area contributed by atoms with Crippen LogP contribution in [0.25, 0.3) is 5.69 Å². The number of hydrogen-bond donors (Lipinski definition) is 1. The Hall–Kier alpha value is -2.17. The number of nitrogens with zero attached hydrogens (tertiary/aromatic N) is 3. The van der Waals surface area contributed by atoms with Gasteiger partial charge in [0.05, 0.1) is 12.0 Å². The van der Waals surface area contributed by atoms with Crippen LogP contribution in [0.2, 0.25) is 0 Å². The van der Waals surface area contributed by atoms with Crippen molar-refractivity contribution < 1.29 is 4.79 Å². The predicted octanol–water partition coefficient (Wildman–Crippen LogP) is 2.97. The zero-order valence-electron chi connectivity index (χ0n) is 13.1. The van der Waals surface area contributed by atoms with Gasteiger partial charge in [-0.2, -0.15) is 0 Å². The molecular formula is C17H22N4O. The molecule has 1 aliphatic carbocycles. The lowest BCUT2D eigenvalue weighted by molar-refractivity contribution is 0.0848. The molecule has 1 N–H and O–H groups in total. The monoisotopic (exact) mass is 298 g/mol. The maximum atomic E-state index is 12.5. The molecule has 1 unspecified atom stereocenters. The molecule has 0 aliphatic heterocycles. The molecule has 5 nitrogen and oxygen atoms in total. The maximum absolute atomic E-state index is 12.5. The van der Waals surface area contributed by atoms with Crippen molar-refractivity contribution in [1.29, 1.82) is 0 Å². The van der Waals surface area contributed by atoms with Gasteiger partial charge in [-0.3, -0.25) is 9.78 Å². The van der Waals surface area contributed by atoms with E-state index < -0.39 is 0 Å². The lowest BCUT2D eigenvalue weighted by Crippen LogP contribution is -2.47. The van der Waals surface area contributed by atoms with Gasteiger partial charge in [-0.25, -0.2) is 4.98 Å². The zero-order valence-corrected chi connectivity index (χ0v) is 13.1. The van der Waals surface area contributed by atoms with Crippen molar-refractivity contribution in [3.8, 4) is 5.69 Å². The van der Waals surface area contributed by atoms with E-state index in [4.69, 9.17) is 0 Å². The molecule has 3 rings (SSSR count). The van der Waals surface area contributed by atoms with Gasteiger partial charge in [-0.05, 0) is 30.4 Å². The molecule has 1 amide bonds. The summed E-state index contributed by atoms with van der Waals surface area (Å²) in [5.41, 5.74) is 1.49. The van der Waals surface area contributed by atoms with E-state index in [0.717, 1.165) is 18.5 Å². The van der Waals surface area contributed by atoms with Crippen molar-refractivity contribution in [2.75, 3.05) is 0 Å². The quantitative estimate of drug-likeness (QED) is 0.947. The molecule has 2 aromatic rings. The summed E-state index contributed by atoms with van der Waals surface area (Å²) in [5.74, 6) is -0.0954. The first-order chi connectivity index (χ1) is 10.6. The van der Waals surface area contributed by atoms with Crippen molar-refractivity contribution in [2.45, 2.75) is 45.6 Å². The van der Waals surface area contributed by atoms with Crippen molar-refractivity contribution in [2.24, 2.45) is 5.41 Å². The van der Waals surface area contributed by atoms with Gasteiger partial charge in [0.15, 0.2) is 0 Å². The van der Waals surface area contributed by atoms with Gasteiger partial charge in [0.1, 0.15) is 5.69 Å². The second kappa shape index (κ2) is 5.91. The number of hydrogen-bond acceptors (Lipinski definition) is 3. The minimum absolute atomic E-state index is 0.0954. The number of amides is 1. The minimum Gasteiger partial charge on any atom is -0.347 e. The molecule has 5 heteroatoms. The van der Waals surface area contributed by atoms with Gasteiger partial charge >= 0.3 is 0 Å². The van der Waals surface area contributed by atoms with Gasteiger partial charge in [-0.15, -0.1) is 0 Å². The number of imidazole rings is 1. The summed E-state index contributed by atoms with van der Waals surface area (Å²) in [6.07, 6.45) is 11.6. The Labute approximate surface area is 130 Å². The van der Waals surface area contributed by atoms with Crippen LogP contribution < -0.4 is 5.32 Å². The summed E-state index contributed by atoms with van der Waals surface area (Å²) >= 11 is 0. The van der Waals surface area contributed by atoms with Crippen molar-refractivity contribution in [3.05, 3.63) is 42.7 Å². The summed E-state index contributed by atoms with van der Waals surface area (Å²) in [5, 5.41) is 3.17. The SMILES string of the molecule is CC1(C)CCCCC1NC(=O)c1cc(-n2ccnc2)ccn1. The lowest BCUT2D eigenvalue weighted by atomic mass is 9.73. The van der Waals surface area contributed by atoms with Crippen molar-refractivity contribution >= 4 is 5.91 Å². The number of carbonyl (C=O) groups excluding carboxylic acids is 1. The smallest absolute Gasteiger partial charge is 0.270 e. The molecule has 1 saturated carbocycles. The molecule has 2 heterocycles. The van der Waals surface area contributed by atoms with E-state index in [-0.39, 0.29) is 17.4 Å². The fraction of sp³-hybridized carbons (Fsp3) is 0.471. The number of aromatic nitrogens is 3. The van der Waals surface area contributed by atoms with E-state index in [1.165, 1.54) is 12.8 Å². The fourth-order valence-corrected chi connectivity index (χ4v) is 3.11. The molecule has 1 fully saturated rings. The largest absolute Gasteiger partial charge is 0.347 e. The topological polar surface area (TPSA) is 59.8 Å². The molecule has 0 bridgehead atoms. The van der Waals surface area contributed by atoms with E-state index in [0.29, 0.717) is 5.69 Å². The van der Waals surface area contributed by atoms with E-state index in [1.54, 1.807) is 24.8 Å². The summed E-state index contributed by atoms with van der Waals surface area (Å²) in [6, 6.07) is 3.88. The highest BCUT2D eigenvalue weighted by molar-refractivity contribution is 5.93. The Kier molecular flexibility index (Phi) is 3.96. The first kappa shape index (κ1) is 14.8. The molecular weight excluding hydrogens is 276 g/mol. The normalized spacial score (nSPS) is 20.5. The van der Waals surface area contributed by atoms with Crippen LogP contribution in [0, 0.1) is 5.41 Å². The van der Waals surface area contributed by atoms with Crippen LogP contribution in [0.4, 0.5) is 0 Å². The molecule has 1 aliphatic rings. The first-order valence-corrected chi connectivity index (χ1v) is 7.81. The third kappa shape index (κ3) is 3.03. The predicted molar refractivity (Wildman–Crippen MR) is 84.9 cm³/mol. The molecule has 1 atom stereocenters. The number of rotatable bonds is 3. The molecule has 22 heavy (non-hydrogen) atoms. The van der Waals surface area contributed by atoms with Crippen LogP contribution >= 0.6 is 0 Å². The van der Waals surface area contributed by atoms with Crippen LogP contribution in [-0.4, -0.2) is 26.5 Å². The van der Waals surface area contributed by atoms with Crippen LogP contribution in [0.15, 0.2) is 37.1 Å². The molecule has 0 radical (unpaired) electrons.